The quantitative estimate of drug-likeness (QED) is 0.559. The zero-order valence-corrected chi connectivity index (χ0v) is 19.8. The van der Waals surface area contributed by atoms with Gasteiger partial charge in [0.1, 0.15) is 11.4 Å². The highest BCUT2D eigenvalue weighted by atomic mass is 19.4. The maximum Gasteiger partial charge on any atom is 0.573 e. The number of benzene rings is 1. The summed E-state index contributed by atoms with van der Waals surface area (Å²) in [6, 6.07) is 5.66. The van der Waals surface area contributed by atoms with Gasteiger partial charge >= 0.3 is 6.36 Å². The molecule has 0 bridgehead atoms. The number of amides is 2. The zero-order chi connectivity index (χ0) is 25.5. The molecule has 7 rings (SSSR count). The Kier molecular flexibility index (Phi) is 4.87. The second-order valence-corrected chi connectivity index (χ2v) is 10.8. The number of hydrogen-bond donors (Lipinski definition) is 2. The SMILES string of the molecule is O=C(c1cc2ccc(OC(F)(F)F)cc2[nH]1)N1C[C@@H]2[C@H](C1)[C@H]1CN(C(=O)[C@@H]3CCc4[nH]nnc4C3)C[C@@H]21. The molecule has 1 saturated carbocycles. The van der Waals surface area contributed by atoms with Gasteiger partial charge in [0.05, 0.1) is 11.4 Å². The molecule has 194 valence electrons. The van der Waals surface area contributed by atoms with Gasteiger partial charge in [0.15, 0.2) is 0 Å². The first-order valence-corrected chi connectivity index (χ1v) is 12.6. The van der Waals surface area contributed by atoms with Crippen molar-refractivity contribution in [3.05, 3.63) is 41.3 Å². The summed E-state index contributed by atoms with van der Waals surface area (Å²) in [6.45, 7) is 2.75. The minimum Gasteiger partial charge on any atom is -0.406 e. The summed E-state index contributed by atoms with van der Waals surface area (Å²) in [6.07, 6.45) is -2.53. The number of nitrogens with one attached hydrogen (secondary N) is 2. The Morgan fingerprint density at radius 1 is 1.00 bits per heavy atom. The van der Waals surface area contributed by atoms with Crippen molar-refractivity contribution in [3.8, 4) is 5.75 Å². The standard InChI is InChI=1S/C25H25F3N6O3/c26-25(27,28)37-14-3-1-12-5-22(29-20(12)7-14)24(36)34-10-17-15-8-33(9-16(15)18(17)11-34)23(35)13-2-4-19-21(6-13)31-32-30-19/h1,3,5,7,13,15-18,29H,2,4,6,8-11H2,(H,30,31,32)/t13-,15-,16+,17+,18-/m1/s1. The van der Waals surface area contributed by atoms with Crippen molar-refractivity contribution in [2.45, 2.75) is 25.6 Å². The van der Waals surface area contributed by atoms with E-state index in [1.807, 2.05) is 9.80 Å². The number of aromatic nitrogens is 4. The lowest BCUT2D eigenvalue weighted by atomic mass is 9.60. The lowest BCUT2D eigenvalue weighted by Gasteiger charge is -2.42. The van der Waals surface area contributed by atoms with Crippen LogP contribution in [-0.2, 0) is 17.6 Å². The third-order valence-electron chi connectivity index (χ3n) is 8.82. The van der Waals surface area contributed by atoms with Crippen molar-refractivity contribution in [1.29, 1.82) is 0 Å². The van der Waals surface area contributed by atoms with Crippen LogP contribution in [0.5, 0.6) is 5.75 Å². The molecule has 12 heteroatoms. The first-order chi connectivity index (χ1) is 17.7. The topological polar surface area (TPSA) is 107 Å². The molecule has 2 N–H and O–H groups in total. The van der Waals surface area contributed by atoms with Crippen molar-refractivity contribution >= 4 is 22.7 Å². The van der Waals surface area contributed by atoms with Crippen LogP contribution in [0.25, 0.3) is 10.9 Å². The average Bonchev–Trinajstić information content (AvgIpc) is 3.63. The first kappa shape index (κ1) is 22.6. The Morgan fingerprint density at radius 3 is 2.41 bits per heavy atom. The molecular weight excluding hydrogens is 489 g/mol. The molecule has 4 aliphatic rings. The van der Waals surface area contributed by atoms with Gasteiger partial charge in [0.25, 0.3) is 5.91 Å². The number of fused-ring (bicyclic) bond motifs is 6. The predicted molar refractivity (Wildman–Crippen MR) is 123 cm³/mol. The summed E-state index contributed by atoms with van der Waals surface area (Å²) >= 11 is 0. The summed E-state index contributed by atoms with van der Waals surface area (Å²) in [5.41, 5.74) is 2.71. The minimum atomic E-state index is -4.77. The number of nitrogens with zero attached hydrogens (tertiary/aromatic N) is 4. The molecule has 2 saturated heterocycles. The van der Waals surface area contributed by atoms with E-state index in [2.05, 4.69) is 25.1 Å². The highest BCUT2D eigenvalue weighted by Crippen LogP contribution is 2.54. The molecule has 3 aromatic rings. The number of likely N-dealkylation sites (tertiary alicyclic amines) is 2. The number of rotatable bonds is 3. The number of carbonyl (C=O) groups excluding carboxylic acids is 2. The van der Waals surface area contributed by atoms with Crippen LogP contribution in [0, 0.1) is 29.6 Å². The summed E-state index contributed by atoms with van der Waals surface area (Å²) in [7, 11) is 0. The fourth-order valence-electron chi connectivity index (χ4n) is 7.07. The Hall–Kier alpha value is -3.57. The number of halogens is 3. The molecule has 1 aromatic carbocycles. The molecule has 2 aromatic heterocycles. The van der Waals surface area contributed by atoms with Crippen molar-refractivity contribution in [1.82, 2.24) is 30.2 Å². The van der Waals surface area contributed by atoms with Crippen molar-refractivity contribution in [3.63, 3.8) is 0 Å². The van der Waals surface area contributed by atoms with Crippen molar-refractivity contribution in [2.24, 2.45) is 29.6 Å². The van der Waals surface area contributed by atoms with Crippen LogP contribution >= 0.6 is 0 Å². The Balaban J connectivity index is 0.990. The third-order valence-corrected chi connectivity index (χ3v) is 8.82. The second-order valence-electron chi connectivity index (χ2n) is 10.8. The molecule has 0 unspecified atom stereocenters. The Morgan fingerprint density at radius 2 is 1.70 bits per heavy atom. The highest BCUT2D eigenvalue weighted by Gasteiger charge is 2.59. The van der Waals surface area contributed by atoms with Gasteiger partial charge in [-0.3, -0.25) is 14.7 Å². The lowest BCUT2D eigenvalue weighted by molar-refractivity contribution is -0.274. The van der Waals surface area contributed by atoms with Gasteiger partial charge < -0.3 is 19.5 Å². The van der Waals surface area contributed by atoms with Crippen LogP contribution in [0.3, 0.4) is 0 Å². The maximum atomic E-state index is 13.2. The lowest BCUT2D eigenvalue weighted by Crippen LogP contribution is -2.44. The van der Waals surface area contributed by atoms with E-state index in [9.17, 15) is 22.8 Å². The van der Waals surface area contributed by atoms with Crippen LogP contribution in [-0.4, -0.2) is 74.6 Å². The number of alkyl halides is 3. The van der Waals surface area contributed by atoms with E-state index in [4.69, 9.17) is 0 Å². The number of aryl methyl sites for hydroxylation is 1. The molecule has 5 atom stereocenters. The molecule has 2 aliphatic carbocycles. The van der Waals surface area contributed by atoms with Crippen molar-refractivity contribution < 1.29 is 27.5 Å². The Bertz CT molecular complexity index is 1380. The van der Waals surface area contributed by atoms with Gasteiger partial charge in [-0.15, -0.1) is 18.3 Å². The molecule has 0 radical (unpaired) electrons. The van der Waals surface area contributed by atoms with E-state index in [1.165, 1.54) is 18.2 Å². The number of carbonyl (C=O) groups is 2. The van der Waals surface area contributed by atoms with Gasteiger partial charge in [0.2, 0.25) is 5.91 Å². The van der Waals surface area contributed by atoms with Gasteiger partial charge in [-0.2, -0.15) is 0 Å². The number of ether oxygens (including phenoxy) is 1. The van der Waals surface area contributed by atoms with E-state index in [0.29, 0.717) is 59.8 Å². The molecule has 3 fully saturated rings. The van der Waals surface area contributed by atoms with Gasteiger partial charge in [-0.05, 0) is 54.7 Å². The molecule has 2 aliphatic heterocycles. The first-order valence-electron chi connectivity index (χ1n) is 12.6. The summed E-state index contributed by atoms with van der Waals surface area (Å²) in [5, 5.41) is 11.5. The van der Waals surface area contributed by atoms with E-state index in [-0.39, 0.29) is 23.5 Å². The zero-order valence-electron chi connectivity index (χ0n) is 19.8. The molecule has 2 amide bonds. The van der Waals surface area contributed by atoms with E-state index >= 15 is 0 Å². The molecule has 37 heavy (non-hydrogen) atoms. The number of H-pyrrole nitrogens is 2. The smallest absolute Gasteiger partial charge is 0.406 e. The molecule has 4 heterocycles. The van der Waals surface area contributed by atoms with Crippen LogP contribution in [0.1, 0.15) is 28.3 Å². The van der Waals surface area contributed by atoms with Crippen LogP contribution in [0.15, 0.2) is 24.3 Å². The summed E-state index contributed by atoms with van der Waals surface area (Å²) < 4.78 is 41.6. The normalized spacial score (nSPS) is 28.6. The van der Waals surface area contributed by atoms with Gasteiger partial charge in [0, 0.05) is 55.5 Å². The van der Waals surface area contributed by atoms with Crippen LogP contribution < -0.4 is 4.74 Å². The van der Waals surface area contributed by atoms with Gasteiger partial charge in [-0.1, -0.05) is 5.21 Å². The molecule has 0 spiro atoms. The Labute approximate surface area is 209 Å². The number of hydrogen-bond acceptors (Lipinski definition) is 5. The fourth-order valence-corrected chi connectivity index (χ4v) is 7.07. The van der Waals surface area contributed by atoms with E-state index in [1.54, 1.807) is 6.07 Å². The molecule has 9 nitrogen and oxygen atoms in total. The van der Waals surface area contributed by atoms with Gasteiger partial charge in [-0.25, -0.2) is 0 Å². The number of aromatic amines is 2. The highest BCUT2D eigenvalue weighted by molar-refractivity contribution is 5.98. The van der Waals surface area contributed by atoms with E-state index < -0.39 is 6.36 Å². The monoisotopic (exact) mass is 514 g/mol. The molecular formula is C25H25F3N6O3. The predicted octanol–water partition coefficient (Wildman–Crippen LogP) is 2.77. The minimum absolute atomic E-state index is 0.0444. The van der Waals surface area contributed by atoms with Crippen molar-refractivity contribution in [2.75, 3.05) is 26.2 Å². The summed E-state index contributed by atoms with van der Waals surface area (Å²) in [5.74, 6) is 1.23. The average molecular weight is 515 g/mol. The third kappa shape index (κ3) is 3.75. The van der Waals surface area contributed by atoms with E-state index in [0.717, 1.165) is 37.3 Å². The fraction of sp³-hybridized carbons (Fsp3) is 0.520. The largest absolute Gasteiger partial charge is 0.573 e. The second kappa shape index (κ2) is 7.96. The van der Waals surface area contributed by atoms with Crippen LogP contribution in [0.4, 0.5) is 13.2 Å². The van der Waals surface area contributed by atoms with Crippen LogP contribution in [0.2, 0.25) is 0 Å². The maximum absolute atomic E-state index is 13.2. The summed E-state index contributed by atoms with van der Waals surface area (Å²) in [4.78, 5) is 33.3.